The lowest BCUT2D eigenvalue weighted by molar-refractivity contribution is 0.141. The molecule has 0 bridgehead atoms. The van der Waals surface area contributed by atoms with Crippen LogP contribution in [0.15, 0.2) is 48.7 Å². The molecule has 130 valence electrons. The molecule has 1 aromatic carbocycles. The highest BCUT2D eigenvalue weighted by atomic mass is 32.1. The molecule has 1 aliphatic heterocycles. The van der Waals surface area contributed by atoms with Crippen LogP contribution in [0.1, 0.15) is 22.2 Å². The van der Waals surface area contributed by atoms with E-state index in [0.29, 0.717) is 0 Å². The summed E-state index contributed by atoms with van der Waals surface area (Å²) in [5.74, 6) is 0.288. The number of para-hydroxylation sites is 1. The minimum absolute atomic E-state index is 0.252. The highest BCUT2D eigenvalue weighted by Gasteiger charge is 2.31. The Bertz CT molecular complexity index is 854. The molecule has 2 aromatic heterocycles. The van der Waals surface area contributed by atoms with Gasteiger partial charge in [-0.25, -0.2) is 0 Å². The molecule has 1 fully saturated rings. The average molecular weight is 353 g/mol. The zero-order chi connectivity index (χ0) is 17.2. The summed E-state index contributed by atoms with van der Waals surface area (Å²) in [5, 5.41) is 11.8. The minimum atomic E-state index is -0.252. The molecule has 3 aromatic rings. The van der Waals surface area contributed by atoms with Gasteiger partial charge in [-0.05, 0) is 42.7 Å². The number of benzene rings is 1. The Morgan fingerprint density at radius 1 is 1.12 bits per heavy atom. The zero-order valence-corrected chi connectivity index (χ0v) is 15.4. The number of aromatic nitrogens is 1. The van der Waals surface area contributed by atoms with E-state index in [1.165, 1.54) is 20.7 Å². The zero-order valence-electron chi connectivity index (χ0n) is 14.6. The number of aryl methyl sites for hydroxylation is 1. The van der Waals surface area contributed by atoms with E-state index < -0.39 is 0 Å². The number of likely N-dealkylation sites (tertiary alicyclic amines) is 1. The van der Waals surface area contributed by atoms with Crippen molar-refractivity contribution in [2.24, 2.45) is 5.92 Å². The quantitative estimate of drug-likeness (QED) is 0.757. The van der Waals surface area contributed by atoms with Gasteiger partial charge >= 0.3 is 0 Å². The Morgan fingerprint density at radius 3 is 2.80 bits per heavy atom. The van der Waals surface area contributed by atoms with Gasteiger partial charge in [0.1, 0.15) is 0 Å². The standard InChI is InChI=1S/C21H24N2OS/c1-2-17-7-8-18(25-17)13-23-12-16(21(24)14-23)11-15-9-10-22-20-6-4-3-5-19(15)20/h3-10,16,21,24H,2,11-14H2,1H3/t16-,21-/m1/s1. The fourth-order valence-electron chi connectivity index (χ4n) is 3.80. The summed E-state index contributed by atoms with van der Waals surface area (Å²) in [7, 11) is 0. The molecule has 4 rings (SSSR count). The maximum Gasteiger partial charge on any atom is 0.0710 e. The third kappa shape index (κ3) is 3.61. The van der Waals surface area contributed by atoms with Crippen LogP contribution in [0.5, 0.6) is 0 Å². The van der Waals surface area contributed by atoms with Gasteiger partial charge in [0, 0.05) is 46.9 Å². The normalized spacial score (nSPS) is 21.2. The number of hydrogen-bond donors (Lipinski definition) is 1. The molecular weight excluding hydrogens is 328 g/mol. The van der Waals surface area contributed by atoms with Crippen LogP contribution in [-0.4, -0.2) is 34.2 Å². The fraction of sp³-hybridized carbons (Fsp3) is 0.381. The molecule has 1 saturated heterocycles. The van der Waals surface area contributed by atoms with Crippen LogP contribution in [0.25, 0.3) is 10.9 Å². The van der Waals surface area contributed by atoms with Gasteiger partial charge in [0.2, 0.25) is 0 Å². The summed E-state index contributed by atoms with van der Waals surface area (Å²) >= 11 is 1.90. The first-order valence-corrected chi connectivity index (χ1v) is 9.85. The molecule has 3 heterocycles. The molecule has 1 N–H and O–H groups in total. The first kappa shape index (κ1) is 16.7. The second kappa shape index (κ2) is 7.24. The molecule has 0 aliphatic carbocycles. The largest absolute Gasteiger partial charge is 0.391 e. The van der Waals surface area contributed by atoms with Crippen LogP contribution in [0.2, 0.25) is 0 Å². The lowest BCUT2D eigenvalue weighted by Gasteiger charge is -2.15. The minimum Gasteiger partial charge on any atom is -0.391 e. The predicted octanol–water partition coefficient (Wildman–Crippen LogP) is 3.89. The van der Waals surface area contributed by atoms with Crippen molar-refractivity contribution in [3.63, 3.8) is 0 Å². The number of aliphatic hydroxyl groups excluding tert-OH is 1. The maximum absolute atomic E-state index is 10.6. The third-order valence-corrected chi connectivity index (χ3v) is 6.36. The van der Waals surface area contributed by atoms with Gasteiger partial charge < -0.3 is 5.11 Å². The van der Waals surface area contributed by atoms with Crippen molar-refractivity contribution >= 4 is 22.2 Å². The smallest absolute Gasteiger partial charge is 0.0710 e. The molecule has 0 amide bonds. The number of fused-ring (bicyclic) bond motifs is 1. The van der Waals surface area contributed by atoms with Crippen molar-refractivity contribution < 1.29 is 5.11 Å². The lowest BCUT2D eigenvalue weighted by atomic mass is 9.94. The molecular formula is C21H24N2OS. The summed E-state index contributed by atoms with van der Waals surface area (Å²) in [5.41, 5.74) is 2.33. The summed E-state index contributed by atoms with van der Waals surface area (Å²) in [4.78, 5) is 9.68. The van der Waals surface area contributed by atoms with Crippen molar-refractivity contribution in [3.8, 4) is 0 Å². The van der Waals surface area contributed by atoms with Gasteiger partial charge in [-0.15, -0.1) is 11.3 Å². The van der Waals surface area contributed by atoms with Gasteiger partial charge in [-0.2, -0.15) is 0 Å². The Labute approximate surface area is 152 Å². The Morgan fingerprint density at radius 2 is 1.96 bits per heavy atom. The van der Waals surface area contributed by atoms with Crippen molar-refractivity contribution in [1.29, 1.82) is 0 Å². The number of thiophene rings is 1. The Hall–Kier alpha value is -1.75. The summed E-state index contributed by atoms with van der Waals surface area (Å²) in [6.45, 7) is 4.88. The average Bonchev–Trinajstić information content (AvgIpc) is 3.22. The SMILES string of the molecule is CCc1ccc(CN2C[C@@H](Cc3ccnc4ccccc34)[C@H](O)C2)s1. The van der Waals surface area contributed by atoms with E-state index in [4.69, 9.17) is 0 Å². The molecule has 25 heavy (non-hydrogen) atoms. The van der Waals surface area contributed by atoms with Crippen molar-refractivity contribution in [1.82, 2.24) is 9.88 Å². The van der Waals surface area contributed by atoms with Crippen LogP contribution in [0, 0.1) is 5.92 Å². The molecule has 0 spiro atoms. The van der Waals surface area contributed by atoms with Crippen LogP contribution in [0.4, 0.5) is 0 Å². The first-order chi connectivity index (χ1) is 12.2. The monoisotopic (exact) mass is 352 g/mol. The number of pyridine rings is 1. The van der Waals surface area contributed by atoms with Gasteiger partial charge in [0.05, 0.1) is 11.6 Å². The number of nitrogens with zero attached hydrogens (tertiary/aromatic N) is 2. The van der Waals surface area contributed by atoms with Crippen LogP contribution in [0.3, 0.4) is 0 Å². The predicted molar refractivity (Wildman–Crippen MR) is 104 cm³/mol. The number of β-amino-alcohol motifs (C(OH)–C–C–N with tert-alkyl or cyclic N) is 1. The third-order valence-electron chi connectivity index (χ3n) is 5.15. The van der Waals surface area contributed by atoms with Crippen LogP contribution < -0.4 is 0 Å². The fourth-order valence-corrected chi connectivity index (χ4v) is 4.80. The van der Waals surface area contributed by atoms with Gasteiger partial charge in [0.15, 0.2) is 0 Å². The van der Waals surface area contributed by atoms with Crippen LogP contribution in [-0.2, 0) is 19.4 Å². The van der Waals surface area contributed by atoms with Gasteiger partial charge in [-0.3, -0.25) is 9.88 Å². The van der Waals surface area contributed by atoms with Gasteiger partial charge in [0.25, 0.3) is 0 Å². The molecule has 2 atom stereocenters. The second-order valence-electron chi connectivity index (χ2n) is 6.93. The van der Waals surface area contributed by atoms with E-state index >= 15 is 0 Å². The lowest BCUT2D eigenvalue weighted by Crippen LogP contribution is -2.20. The molecule has 4 heteroatoms. The first-order valence-electron chi connectivity index (χ1n) is 9.03. The molecule has 1 aliphatic rings. The highest BCUT2D eigenvalue weighted by molar-refractivity contribution is 7.11. The topological polar surface area (TPSA) is 36.4 Å². The number of hydrogen-bond acceptors (Lipinski definition) is 4. The second-order valence-corrected chi connectivity index (χ2v) is 8.19. The number of rotatable bonds is 5. The molecule has 0 radical (unpaired) electrons. The van der Waals surface area contributed by atoms with Crippen molar-refractivity contribution in [2.75, 3.05) is 13.1 Å². The van der Waals surface area contributed by atoms with Gasteiger partial charge in [-0.1, -0.05) is 25.1 Å². The van der Waals surface area contributed by atoms with E-state index in [0.717, 1.165) is 38.0 Å². The Balaban J connectivity index is 1.46. The van der Waals surface area contributed by atoms with Crippen molar-refractivity contribution in [2.45, 2.75) is 32.4 Å². The molecule has 3 nitrogen and oxygen atoms in total. The van der Waals surface area contributed by atoms with E-state index in [9.17, 15) is 5.11 Å². The van der Waals surface area contributed by atoms with E-state index in [-0.39, 0.29) is 12.0 Å². The maximum atomic E-state index is 10.6. The van der Waals surface area contributed by atoms with E-state index in [2.05, 4.69) is 53.2 Å². The van der Waals surface area contributed by atoms with Crippen LogP contribution >= 0.6 is 11.3 Å². The van der Waals surface area contributed by atoms with E-state index in [1.807, 2.05) is 23.6 Å². The van der Waals surface area contributed by atoms with E-state index in [1.54, 1.807) is 0 Å². The number of aliphatic hydroxyl groups is 1. The molecule has 0 unspecified atom stereocenters. The summed E-state index contributed by atoms with van der Waals surface area (Å²) in [6, 6.07) is 14.8. The highest BCUT2D eigenvalue weighted by Crippen LogP contribution is 2.27. The van der Waals surface area contributed by atoms with Crippen molar-refractivity contribution in [3.05, 3.63) is 64.0 Å². The summed E-state index contributed by atoms with van der Waals surface area (Å²) in [6.07, 6.45) is 3.64. The molecule has 0 saturated carbocycles. The Kier molecular flexibility index (Phi) is 4.84. The summed E-state index contributed by atoms with van der Waals surface area (Å²) < 4.78 is 0.